The Bertz CT molecular complexity index is 634. The van der Waals surface area contributed by atoms with E-state index in [0.29, 0.717) is 5.56 Å². The van der Waals surface area contributed by atoms with E-state index in [1.165, 1.54) is 19.2 Å². The van der Waals surface area contributed by atoms with Crippen molar-refractivity contribution in [1.29, 1.82) is 5.26 Å². The van der Waals surface area contributed by atoms with Gasteiger partial charge in [-0.3, -0.25) is 10.1 Å². The van der Waals surface area contributed by atoms with Crippen molar-refractivity contribution >= 4 is 15.7 Å². The summed E-state index contributed by atoms with van der Waals surface area (Å²) in [4.78, 5) is 9.93. The largest absolute Gasteiger partial charge is 0.270 e. The van der Waals surface area contributed by atoms with Crippen LogP contribution in [0.3, 0.4) is 0 Å². The number of nitrogens with zero attached hydrogens (tertiary/aromatic N) is 3. The third-order valence-corrected chi connectivity index (χ3v) is 4.61. The van der Waals surface area contributed by atoms with Gasteiger partial charge >= 0.3 is 0 Å². The minimum atomic E-state index is -3.82. The molecule has 0 unspecified atom stereocenters. The Hall–Kier alpha value is -1.98. The van der Waals surface area contributed by atoms with Crippen LogP contribution in [0.2, 0.25) is 0 Å². The summed E-state index contributed by atoms with van der Waals surface area (Å²) >= 11 is 0. The highest BCUT2D eigenvalue weighted by molar-refractivity contribution is 7.89. The summed E-state index contributed by atoms with van der Waals surface area (Å²) in [7, 11) is -2.48. The first-order chi connectivity index (χ1) is 8.80. The second kappa shape index (κ2) is 5.77. The zero-order chi connectivity index (χ0) is 14.6. The highest BCUT2D eigenvalue weighted by Gasteiger charge is 2.24. The SMILES string of the molecule is Cc1ccc([N+](=O)[O-])cc1S(=O)(=O)N(C)CCC#N. The molecule has 0 saturated carbocycles. The fourth-order valence-electron chi connectivity index (χ4n) is 1.48. The molecule has 102 valence electrons. The molecule has 0 aromatic heterocycles. The van der Waals surface area contributed by atoms with Crippen molar-refractivity contribution < 1.29 is 13.3 Å². The summed E-state index contributed by atoms with van der Waals surface area (Å²) < 4.78 is 25.5. The smallest absolute Gasteiger partial charge is 0.258 e. The first kappa shape index (κ1) is 15.1. The molecule has 0 spiro atoms. The summed E-state index contributed by atoms with van der Waals surface area (Å²) in [6.07, 6.45) is 0.0592. The van der Waals surface area contributed by atoms with E-state index in [9.17, 15) is 18.5 Å². The van der Waals surface area contributed by atoms with Crippen molar-refractivity contribution in [2.75, 3.05) is 13.6 Å². The molecule has 7 nitrogen and oxygen atoms in total. The highest BCUT2D eigenvalue weighted by atomic mass is 32.2. The highest BCUT2D eigenvalue weighted by Crippen LogP contribution is 2.24. The van der Waals surface area contributed by atoms with Crippen LogP contribution in [0.5, 0.6) is 0 Å². The Balaban J connectivity index is 3.24. The van der Waals surface area contributed by atoms with Crippen molar-refractivity contribution in [3.63, 3.8) is 0 Å². The molecule has 0 atom stereocenters. The Morgan fingerprint density at radius 3 is 2.63 bits per heavy atom. The molecule has 0 aliphatic carbocycles. The van der Waals surface area contributed by atoms with Gasteiger partial charge in [-0.2, -0.15) is 9.57 Å². The van der Waals surface area contributed by atoms with Gasteiger partial charge in [0.05, 0.1) is 15.9 Å². The topological polar surface area (TPSA) is 104 Å². The standard InChI is InChI=1S/C11H13N3O4S/c1-9-4-5-10(14(15)16)8-11(9)19(17,18)13(2)7-3-6-12/h4-5,8H,3,7H2,1-2H3. The van der Waals surface area contributed by atoms with Crippen LogP contribution in [0.15, 0.2) is 23.1 Å². The van der Waals surface area contributed by atoms with Gasteiger partial charge < -0.3 is 0 Å². The van der Waals surface area contributed by atoms with E-state index in [1.54, 1.807) is 6.92 Å². The zero-order valence-electron chi connectivity index (χ0n) is 10.5. The quantitative estimate of drug-likeness (QED) is 0.600. The fourth-order valence-corrected chi connectivity index (χ4v) is 2.89. The number of hydrogen-bond donors (Lipinski definition) is 0. The molecule has 0 amide bonds. The number of nitro groups is 1. The minimum Gasteiger partial charge on any atom is -0.258 e. The lowest BCUT2D eigenvalue weighted by Crippen LogP contribution is -2.28. The number of nitriles is 1. The van der Waals surface area contributed by atoms with E-state index in [0.717, 1.165) is 10.4 Å². The van der Waals surface area contributed by atoms with Crippen LogP contribution in [-0.2, 0) is 10.0 Å². The van der Waals surface area contributed by atoms with Crippen LogP contribution >= 0.6 is 0 Å². The Morgan fingerprint density at radius 1 is 1.47 bits per heavy atom. The third-order valence-electron chi connectivity index (χ3n) is 2.61. The van der Waals surface area contributed by atoms with Gasteiger partial charge in [0, 0.05) is 32.1 Å². The summed E-state index contributed by atoms with van der Waals surface area (Å²) in [5.74, 6) is 0. The van der Waals surface area contributed by atoms with Crippen LogP contribution in [0.1, 0.15) is 12.0 Å². The number of rotatable bonds is 5. The van der Waals surface area contributed by atoms with E-state index in [2.05, 4.69) is 0 Å². The van der Waals surface area contributed by atoms with Crippen LogP contribution in [0.25, 0.3) is 0 Å². The average molecular weight is 283 g/mol. The molecule has 1 rings (SSSR count). The van der Waals surface area contributed by atoms with Gasteiger partial charge in [0.25, 0.3) is 5.69 Å². The first-order valence-corrected chi connectivity index (χ1v) is 6.83. The maximum atomic E-state index is 12.2. The molecule has 0 saturated heterocycles. The van der Waals surface area contributed by atoms with Crippen molar-refractivity contribution in [2.24, 2.45) is 0 Å². The van der Waals surface area contributed by atoms with Gasteiger partial charge in [-0.1, -0.05) is 6.07 Å². The van der Waals surface area contributed by atoms with Gasteiger partial charge in [0.2, 0.25) is 10.0 Å². The monoisotopic (exact) mass is 283 g/mol. The number of benzene rings is 1. The fraction of sp³-hybridized carbons (Fsp3) is 0.364. The first-order valence-electron chi connectivity index (χ1n) is 5.39. The molecular formula is C11H13N3O4S. The molecular weight excluding hydrogens is 270 g/mol. The van der Waals surface area contributed by atoms with Crippen LogP contribution in [-0.4, -0.2) is 31.2 Å². The second-order valence-electron chi connectivity index (χ2n) is 3.94. The number of nitro benzene ring substituents is 1. The van der Waals surface area contributed by atoms with Gasteiger partial charge in [0.1, 0.15) is 0 Å². The second-order valence-corrected chi connectivity index (χ2v) is 5.95. The average Bonchev–Trinajstić information content (AvgIpc) is 2.35. The summed E-state index contributed by atoms with van der Waals surface area (Å²) in [6.45, 7) is 1.61. The normalized spacial score (nSPS) is 11.3. The van der Waals surface area contributed by atoms with E-state index in [1.807, 2.05) is 6.07 Å². The van der Waals surface area contributed by atoms with E-state index in [-0.39, 0.29) is 23.5 Å². The van der Waals surface area contributed by atoms with Gasteiger partial charge in [-0.15, -0.1) is 0 Å². The summed E-state index contributed by atoms with van der Waals surface area (Å²) in [6, 6.07) is 5.53. The minimum absolute atomic E-state index is 0.0426. The number of non-ortho nitro benzene ring substituents is 1. The predicted molar refractivity (Wildman–Crippen MR) is 67.9 cm³/mol. The molecule has 19 heavy (non-hydrogen) atoms. The lowest BCUT2D eigenvalue weighted by molar-refractivity contribution is -0.385. The molecule has 8 heteroatoms. The van der Waals surface area contributed by atoms with Crippen LogP contribution in [0, 0.1) is 28.4 Å². The number of hydrogen-bond acceptors (Lipinski definition) is 5. The Kier molecular flexibility index (Phi) is 4.58. The molecule has 0 heterocycles. The predicted octanol–water partition coefficient (Wildman–Crippen LogP) is 1.44. The molecule has 0 aliphatic heterocycles. The van der Waals surface area contributed by atoms with Crippen molar-refractivity contribution in [3.8, 4) is 6.07 Å². The van der Waals surface area contributed by atoms with E-state index < -0.39 is 14.9 Å². The van der Waals surface area contributed by atoms with Gasteiger partial charge in [0.15, 0.2) is 0 Å². The van der Waals surface area contributed by atoms with Crippen molar-refractivity contribution in [2.45, 2.75) is 18.2 Å². The maximum Gasteiger partial charge on any atom is 0.270 e. The Morgan fingerprint density at radius 2 is 2.11 bits per heavy atom. The third kappa shape index (κ3) is 3.27. The Labute approximate surface area is 111 Å². The summed E-state index contributed by atoms with van der Waals surface area (Å²) in [5, 5.41) is 19.1. The molecule has 1 aromatic carbocycles. The van der Waals surface area contributed by atoms with Crippen molar-refractivity contribution in [3.05, 3.63) is 33.9 Å². The number of sulfonamides is 1. The van der Waals surface area contributed by atoms with Crippen LogP contribution < -0.4 is 0 Å². The van der Waals surface area contributed by atoms with Crippen LogP contribution in [0.4, 0.5) is 5.69 Å². The number of aryl methyl sites for hydroxylation is 1. The lowest BCUT2D eigenvalue weighted by atomic mass is 10.2. The van der Waals surface area contributed by atoms with Gasteiger partial charge in [-0.25, -0.2) is 8.42 Å². The molecule has 0 bridgehead atoms. The molecule has 0 N–H and O–H groups in total. The molecule has 0 radical (unpaired) electrons. The summed E-state index contributed by atoms with van der Waals surface area (Å²) in [5.41, 5.74) is 0.146. The van der Waals surface area contributed by atoms with E-state index in [4.69, 9.17) is 5.26 Å². The zero-order valence-corrected chi connectivity index (χ0v) is 11.3. The molecule has 0 fully saturated rings. The van der Waals surface area contributed by atoms with Crippen molar-refractivity contribution in [1.82, 2.24) is 4.31 Å². The molecule has 0 aliphatic rings. The lowest BCUT2D eigenvalue weighted by Gasteiger charge is -2.16. The van der Waals surface area contributed by atoms with Gasteiger partial charge in [-0.05, 0) is 12.5 Å². The molecule has 1 aromatic rings. The maximum absolute atomic E-state index is 12.2. The van der Waals surface area contributed by atoms with E-state index >= 15 is 0 Å².